The van der Waals surface area contributed by atoms with Gasteiger partial charge in [-0.25, -0.2) is 9.18 Å². The van der Waals surface area contributed by atoms with Crippen LogP contribution in [0.5, 0.6) is 0 Å². The second-order valence-corrected chi connectivity index (χ2v) is 8.39. The van der Waals surface area contributed by atoms with Gasteiger partial charge in [0, 0.05) is 40.2 Å². The fourth-order valence-electron chi connectivity index (χ4n) is 3.88. The highest BCUT2D eigenvalue weighted by molar-refractivity contribution is 5.92. The van der Waals surface area contributed by atoms with Crippen LogP contribution >= 0.6 is 0 Å². The molecule has 1 aromatic heterocycles. The number of rotatable bonds is 6. The average Bonchev–Trinajstić information content (AvgIpc) is 3.44. The quantitative estimate of drug-likeness (QED) is 0.689. The van der Waals surface area contributed by atoms with E-state index in [2.05, 4.69) is 10.5 Å². The fraction of sp³-hybridized carbons (Fsp3) is 0.391. The van der Waals surface area contributed by atoms with Crippen LogP contribution in [0, 0.1) is 5.82 Å². The lowest BCUT2D eigenvalue weighted by molar-refractivity contribution is -0.119. The maximum atomic E-state index is 15.0. The Labute approximate surface area is 195 Å². The van der Waals surface area contributed by atoms with Crippen LogP contribution in [0.15, 0.2) is 34.9 Å². The van der Waals surface area contributed by atoms with Crippen molar-refractivity contribution in [1.82, 2.24) is 15.4 Å². The van der Waals surface area contributed by atoms with E-state index < -0.39 is 18.0 Å². The Bertz CT molecular complexity index is 1140. The van der Waals surface area contributed by atoms with Gasteiger partial charge in [0.1, 0.15) is 11.9 Å². The normalized spacial score (nSPS) is 17.9. The van der Waals surface area contributed by atoms with Crippen molar-refractivity contribution in [2.75, 3.05) is 50.1 Å². The Morgan fingerprint density at radius 1 is 1.29 bits per heavy atom. The van der Waals surface area contributed by atoms with Gasteiger partial charge in [-0.2, -0.15) is 0 Å². The molecule has 0 spiro atoms. The number of aromatic nitrogens is 1. The summed E-state index contributed by atoms with van der Waals surface area (Å²) in [6.07, 6.45) is 1.45. The van der Waals surface area contributed by atoms with Crippen molar-refractivity contribution >= 4 is 34.9 Å². The van der Waals surface area contributed by atoms with Crippen molar-refractivity contribution in [3.8, 4) is 0 Å². The number of cyclic esters (lactones) is 1. The van der Waals surface area contributed by atoms with Gasteiger partial charge in [-0.15, -0.1) is 0 Å². The number of carbonyl (C=O) groups excluding carboxylic acids is 3. The van der Waals surface area contributed by atoms with Crippen LogP contribution in [0.1, 0.15) is 29.6 Å². The lowest BCUT2D eigenvalue weighted by Gasteiger charge is -2.28. The van der Waals surface area contributed by atoms with Crippen molar-refractivity contribution < 1.29 is 28.0 Å². The first-order valence-electron chi connectivity index (χ1n) is 10.9. The van der Waals surface area contributed by atoms with Gasteiger partial charge >= 0.3 is 6.09 Å². The predicted molar refractivity (Wildman–Crippen MR) is 122 cm³/mol. The summed E-state index contributed by atoms with van der Waals surface area (Å²) in [5.74, 6) is -0.374. The summed E-state index contributed by atoms with van der Waals surface area (Å²) in [4.78, 5) is 39.9. The molecule has 1 N–H and O–H groups in total. The molecule has 1 fully saturated rings. The van der Waals surface area contributed by atoms with Gasteiger partial charge in [-0.1, -0.05) is 11.2 Å². The number of halogens is 1. The topological polar surface area (TPSA) is 108 Å². The van der Waals surface area contributed by atoms with Crippen molar-refractivity contribution in [2.45, 2.75) is 19.4 Å². The summed E-state index contributed by atoms with van der Waals surface area (Å²) in [6, 6.07) is 6.25. The Morgan fingerprint density at radius 2 is 2.09 bits per heavy atom. The number of benzene rings is 1. The van der Waals surface area contributed by atoms with E-state index in [-0.39, 0.29) is 30.6 Å². The van der Waals surface area contributed by atoms with Crippen LogP contribution < -0.4 is 15.1 Å². The highest BCUT2D eigenvalue weighted by Crippen LogP contribution is 2.31. The van der Waals surface area contributed by atoms with E-state index in [0.29, 0.717) is 36.6 Å². The molecule has 1 saturated heterocycles. The van der Waals surface area contributed by atoms with Gasteiger partial charge < -0.3 is 24.4 Å². The Morgan fingerprint density at radius 3 is 2.74 bits per heavy atom. The first-order chi connectivity index (χ1) is 16.2. The van der Waals surface area contributed by atoms with E-state index >= 15 is 0 Å². The minimum atomic E-state index is -0.577. The third-order valence-electron chi connectivity index (χ3n) is 5.70. The zero-order valence-corrected chi connectivity index (χ0v) is 19.2. The molecule has 34 heavy (non-hydrogen) atoms. The van der Waals surface area contributed by atoms with Gasteiger partial charge in [-0.05, 0) is 30.2 Å². The molecule has 1 atom stereocenters. The molecule has 10 nitrogen and oxygen atoms in total. The molecule has 1 aromatic carbocycles. The van der Waals surface area contributed by atoms with Crippen molar-refractivity contribution in [3.05, 3.63) is 47.6 Å². The number of anilines is 2. The molecular weight excluding hydrogens is 445 g/mol. The summed E-state index contributed by atoms with van der Waals surface area (Å²) in [6.45, 7) is 2.81. The minimum Gasteiger partial charge on any atom is -0.442 e. The lowest BCUT2D eigenvalue weighted by Crippen LogP contribution is -2.33. The third-order valence-corrected chi connectivity index (χ3v) is 5.70. The Kier molecular flexibility index (Phi) is 6.53. The minimum absolute atomic E-state index is 0.205. The summed E-state index contributed by atoms with van der Waals surface area (Å²) in [7, 11) is 3.29. The van der Waals surface area contributed by atoms with E-state index in [0.717, 1.165) is 5.57 Å². The lowest BCUT2D eigenvalue weighted by atomic mass is 10.0. The number of ether oxygens (including phenoxy) is 1. The van der Waals surface area contributed by atoms with Crippen LogP contribution in [0.3, 0.4) is 0 Å². The molecule has 2 aliphatic heterocycles. The fourth-order valence-corrected chi connectivity index (χ4v) is 3.88. The molecular formula is C23H26FN5O5. The van der Waals surface area contributed by atoms with E-state index in [9.17, 15) is 18.8 Å². The molecule has 0 unspecified atom stereocenters. The summed E-state index contributed by atoms with van der Waals surface area (Å²) < 4.78 is 25.6. The van der Waals surface area contributed by atoms with Crippen LogP contribution in [0.2, 0.25) is 0 Å². The van der Waals surface area contributed by atoms with Crippen molar-refractivity contribution in [1.29, 1.82) is 0 Å². The summed E-state index contributed by atoms with van der Waals surface area (Å²) in [5, 5.41) is 6.45. The first-order valence-corrected chi connectivity index (χ1v) is 10.9. The standard InChI is InChI=1S/C23H26FN5O5/c1-14(30)25-12-17-13-29(23(32)33-17)16-4-5-20(18(24)10-16)28-8-6-15(7-9-28)21-11-19(26-34-21)22(31)27(2)3/h4-6,10-11,17H,7-9,12-13H2,1-3H3,(H,25,30)/t17-/m0/s1. The number of nitrogens with zero attached hydrogens (tertiary/aromatic N) is 4. The van der Waals surface area contributed by atoms with E-state index in [1.165, 1.54) is 22.8 Å². The largest absolute Gasteiger partial charge is 0.442 e. The summed E-state index contributed by atoms with van der Waals surface area (Å²) >= 11 is 0. The van der Waals surface area contributed by atoms with Crippen LogP contribution in [0.25, 0.3) is 5.57 Å². The molecule has 3 amide bonds. The van der Waals surface area contributed by atoms with Crippen LogP contribution in [0.4, 0.5) is 20.6 Å². The van der Waals surface area contributed by atoms with E-state index in [1.54, 1.807) is 32.3 Å². The predicted octanol–water partition coefficient (Wildman–Crippen LogP) is 2.27. The van der Waals surface area contributed by atoms with Gasteiger partial charge in [0.25, 0.3) is 5.91 Å². The number of amides is 3. The maximum Gasteiger partial charge on any atom is 0.414 e. The smallest absolute Gasteiger partial charge is 0.414 e. The third kappa shape index (κ3) is 4.87. The Hall–Kier alpha value is -3.89. The van der Waals surface area contributed by atoms with Crippen LogP contribution in [-0.2, 0) is 9.53 Å². The van der Waals surface area contributed by atoms with E-state index in [1.807, 2.05) is 11.0 Å². The van der Waals surface area contributed by atoms with Crippen molar-refractivity contribution in [3.63, 3.8) is 0 Å². The molecule has 2 aromatic rings. The monoisotopic (exact) mass is 471 g/mol. The highest BCUT2D eigenvalue weighted by Gasteiger charge is 2.33. The van der Waals surface area contributed by atoms with Crippen molar-refractivity contribution in [2.24, 2.45) is 0 Å². The molecule has 0 radical (unpaired) electrons. The molecule has 0 bridgehead atoms. The first kappa shape index (κ1) is 23.3. The SMILES string of the molecule is CC(=O)NC[C@H]1CN(c2ccc(N3CC=C(c4cc(C(=O)N(C)C)no4)CC3)c(F)c2)C(=O)O1. The number of hydrogen-bond acceptors (Lipinski definition) is 7. The molecule has 180 valence electrons. The van der Waals surface area contributed by atoms with Gasteiger partial charge in [0.2, 0.25) is 5.91 Å². The molecule has 0 saturated carbocycles. The molecule has 3 heterocycles. The Balaban J connectivity index is 1.41. The molecule has 4 rings (SSSR count). The zero-order valence-electron chi connectivity index (χ0n) is 19.2. The zero-order chi connectivity index (χ0) is 24.4. The molecule has 0 aliphatic carbocycles. The molecule has 11 heteroatoms. The highest BCUT2D eigenvalue weighted by atomic mass is 19.1. The number of carbonyl (C=O) groups is 3. The van der Waals surface area contributed by atoms with Gasteiger partial charge in [0.05, 0.1) is 24.5 Å². The van der Waals surface area contributed by atoms with Gasteiger partial charge in [0.15, 0.2) is 11.5 Å². The van der Waals surface area contributed by atoms with E-state index in [4.69, 9.17) is 9.26 Å². The number of nitrogens with one attached hydrogen (secondary N) is 1. The van der Waals surface area contributed by atoms with Gasteiger partial charge in [-0.3, -0.25) is 14.5 Å². The molecule has 2 aliphatic rings. The second-order valence-electron chi connectivity index (χ2n) is 8.39. The average molecular weight is 471 g/mol. The summed E-state index contributed by atoms with van der Waals surface area (Å²) in [5.41, 5.74) is 1.96. The maximum absolute atomic E-state index is 15.0. The second kappa shape index (κ2) is 9.54. The number of hydrogen-bond donors (Lipinski definition) is 1. The van der Waals surface area contributed by atoms with Crippen LogP contribution in [-0.4, -0.2) is 74.3 Å².